The maximum Gasteiger partial charge on any atom is 0.250 e. The lowest BCUT2D eigenvalue weighted by Crippen LogP contribution is -2.49. The molecule has 0 aliphatic heterocycles. The molecule has 1 atom stereocenters. The van der Waals surface area contributed by atoms with E-state index in [1.807, 2.05) is 0 Å². The molecule has 0 fully saturated rings. The lowest BCUT2D eigenvalue weighted by molar-refractivity contribution is -0.123. The molecule has 0 saturated carbocycles. The fraction of sp³-hybridized carbons (Fsp3) is 0.421. The minimum Gasteiger partial charge on any atom is -0.493 e. The van der Waals surface area contributed by atoms with Gasteiger partial charge in [0.1, 0.15) is 10.3 Å². The van der Waals surface area contributed by atoms with E-state index in [-0.39, 0.29) is 16.7 Å². The van der Waals surface area contributed by atoms with Gasteiger partial charge >= 0.3 is 0 Å². The molecule has 2 rings (SSSR count). The molecule has 0 aliphatic carbocycles. The van der Waals surface area contributed by atoms with Crippen LogP contribution in [0, 0.1) is 5.92 Å². The maximum atomic E-state index is 12.7. The number of carbonyl (C=O) groups is 1. The van der Waals surface area contributed by atoms with Gasteiger partial charge in [-0.3, -0.25) is 4.79 Å². The van der Waals surface area contributed by atoms with Crippen molar-refractivity contribution >= 4 is 27.3 Å². The Bertz CT molecular complexity index is 901. The Balaban J connectivity index is 2.15. The minimum absolute atomic E-state index is 0.166. The number of hydrogen-bond donors (Lipinski definition) is 2. The molecule has 1 aromatic heterocycles. The van der Waals surface area contributed by atoms with Gasteiger partial charge in [-0.25, -0.2) is 8.42 Å². The van der Waals surface area contributed by atoms with E-state index in [1.165, 1.54) is 27.4 Å². The molecule has 0 spiro atoms. The zero-order valence-corrected chi connectivity index (χ0v) is 18.6. The van der Waals surface area contributed by atoms with Crippen molar-refractivity contribution in [1.29, 1.82) is 0 Å². The summed E-state index contributed by atoms with van der Waals surface area (Å²) in [5, 5.41) is 4.44. The molecule has 2 aromatic rings. The number of sulfonamides is 1. The largest absolute Gasteiger partial charge is 0.493 e. The van der Waals surface area contributed by atoms with E-state index in [9.17, 15) is 13.2 Å². The maximum absolute atomic E-state index is 12.7. The molecular weight excluding hydrogens is 416 g/mol. The Morgan fingerprint density at radius 3 is 2.17 bits per heavy atom. The number of rotatable bonds is 10. The quantitative estimate of drug-likeness (QED) is 0.586. The van der Waals surface area contributed by atoms with Gasteiger partial charge in [-0.2, -0.15) is 4.72 Å². The average molecular weight is 443 g/mol. The van der Waals surface area contributed by atoms with Gasteiger partial charge in [0.15, 0.2) is 11.5 Å². The number of amides is 1. The zero-order chi connectivity index (χ0) is 21.6. The summed E-state index contributed by atoms with van der Waals surface area (Å²) in [7, 11) is 0.756. The normalized spacial score (nSPS) is 12.5. The summed E-state index contributed by atoms with van der Waals surface area (Å²) in [5.74, 6) is 0.720. The van der Waals surface area contributed by atoms with Crippen LogP contribution < -0.4 is 24.2 Å². The van der Waals surface area contributed by atoms with Gasteiger partial charge in [0.05, 0.1) is 21.3 Å². The third-order valence-corrected chi connectivity index (χ3v) is 7.02. The van der Waals surface area contributed by atoms with Crippen molar-refractivity contribution in [3.05, 3.63) is 35.2 Å². The van der Waals surface area contributed by atoms with Crippen molar-refractivity contribution in [1.82, 2.24) is 10.0 Å². The van der Waals surface area contributed by atoms with Crippen LogP contribution in [0.3, 0.4) is 0 Å². The average Bonchev–Trinajstić information content (AvgIpc) is 3.25. The molecule has 8 nitrogen and oxygen atoms in total. The Kier molecular flexibility index (Phi) is 7.88. The van der Waals surface area contributed by atoms with Crippen LogP contribution in [0.15, 0.2) is 33.9 Å². The standard InChI is InChI=1S/C19H26N2O6S2/c1-12(2)17(21-29(23,24)16-7-6-8-28-16)19(22)20-11-13-9-14(25-3)18(27-5)15(10-13)26-4/h6-10,12,17,21H,11H2,1-5H3,(H,20,22). The van der Waals surface area contributed by atoms with E-state index in [0.717, 1.165) is 16.9 Å². The van der Waals surface area contributed by atoms with Gasteiger partial charge in [0, 0.05) is 6.54 Å². The Labute approximate surface area is 175 Å². The monoisotopic (exact) mass is 442 g/mol. The van der Waals surface area contributed by atoms with Crippen molar-refractivity contribution in [3.8, 4) is 17.2 Å². The number of benzene rings is 1. The van der Waals surface area contributed by atoms with Crippen LogP contribution in [0.25, 0.3) is 0 Å². The summed E-state index contributed by atoms with van der Waals surface area (Å²) in [6.45, 7) is 3.72. The highest BCUT2D eigenvalue weighted by Crippen LogP contribution is 2.38. The smallest absolute Gasteiger partial charge is 0.250 e. The van der Waals surface area contributed by atoms with Crippen molar-refractivity contribution in [2.75, 3.05) is 21.3 Å². The number of nitrogens with one attached hydrogen (secondary N) is 2. The lowest BCUT2D eigenvalue weighted by Gasteiger charge is -2.21. The van der Waals surface area contributed by atoms with Crippen molar-refractivity contribution in [2.24, 2.45) is 5.92 Å². The highest BCUT2D eigenvalue weighted by Gasteiger charge is 2.28. The van der Waals surface area contributed by atoms with Crippen LogP contribution in [0.5, 0.6) is 17.2 Å². The first-order chi connectivity index (χ1) is 13.7. The fourth-order valence-corrected chi connectivity index (χ4v) is 5.02. The minimum atomic E-state index is -3.77. The third kappa shape index (κ3) is 5.62. The molecule has 0 saturated heterocycles. The summed E-state index contributed by atoms with van der Waals surface area (Å²) in [6.07, 6.45) is 0. The molecule has 1 amide bonds. The van der Waals surface area contributed by atoms with E-state index in [2.05, 4.69) is 10.0 Å². The molecule has 0 aliphatic rings. The van der Waals surface area contributed by atoms with Crippen LogP contribution in [0.1, 0.15) is 19.4 Å². The molecule has 1 aromatic carbocycles. The lowest BCUT2D eigenvalue weighted by atomic mass is 10.0. The molecule has 1 unspecified atom stereocenters. The summed E-state index contributed by atoms with van der Waals surface area (Å²) >= 11 is 1.10. The van der Waals surface area contributed by atoms with Crippen LogP contribution >= 0.6 is 11.3 Å². The van der Waals surface area contributed by atoms with Gasteiger partial charge < -0.3 is 19.5 Å². The Morgan fingerprint density at radius 2 is 1.72 bits per heavy atom. The summed E-state index contributed by atoms with van der Waals surface area (Å²) in [4.78, 5) is 12.7. The predicted molar refractivity (Wildman–Crippen MR) is 111 cm³/mol. The van der Waals surface area contributed by atoms with E-state index in [0.29, 0.717) is 17.2 Å². The van der Waals surface area contributed by atoms with Crippen LogP contribution in [-0.2, 0) is 21.4 Å². The summed E-state index contributed by atoms with van der Waals surface area (Å²) < 4.78 is 43.6. The summed E-state index contributed by atoms with van der Waals surface area (Å²) in [5.41, 5.74) is 0.719. The molecule has 1 heterocycles. The van der Waals surface area contributed by atoms with Gasteiger partial charge in [-0.1, -0.05) is 19.9 Å². The first-order valence-corrected chi connectivity index (χ1v) is 11.2. The molecule has 0 radical (unpaired) electrons. The van der Waals surface area contributed by atoms with Gasteiger partial charge in [-0.05, 0) is 35.1 Å². The van der Waals surface area contributed by atoms with Gasteiger partial charge in [-0.15, -0.1) is 11.3 Å². The second-order valence-corrected chi connectivity index (χ2v) is 9.41. The highest BCUT2D eigenvalue weighted by molar-refractivity contribution is 7.91. The van der Waals surface area contributed by atoms with Crippen LogP contribution in [0.4, 0.5) is 0 Å². The predicted octanol–water partition coefficient (Wildman–Crippen LogP) is 2.39. The fourth-order valence-electron chi connectivity index (χ4n) is 2.67. The third-order valence-electron chi connectivity index (χ3n) is 4.18. The number of carbonyl (C=O) groups excluding carboxylic acids is 1. The second kappa shape index (κ2) is 9.95. The number of hydrogen-bond acceptors (Lipinski definition) is 7. The number of thiophene rings is 1. The first-order valence-electron chi connectivity index (χ1n) is 8.86. The van der Waals surface area contributed by atoms with Crippen molar-refractivity contribution < 1.29 is 27.4 Å². The first kappa shape index (κ1) is 23.0. The van der Waals surface area contributed by atoms with Crippen LogP contribution in [0.2, 0.25) is 0 Å². The number of ether oxygens (including phenoxy) is 3. The van der Waals surface area contributed by atoms with E-state index >= 15 is 0 Å². The Morgan fingerprint density at radius 1 is 1.10 bits per heavy atom. The van der Waals surface area contributed by atoms with Crippen molar-refractivity contribution in [2.45, 2.75) is 30.6 Å². The zero-order valence-electron chi connectivity index (χ0n) is 17.0. The second-order valence-electron chi connectivity index (χ2n) is 6.53. The van der Waals surface area contributed by atoms with E-state index in [1.54, 1.807) is 37.4 Å². The van der Waals surface area contributed by atoms with Gasteiger partial charge in [0.25, 0.3) is 10.0 Å². The molecule has 10 heteroatoms. The molecular formula is C19H26N2O6S2. The molecule has 0 bridgehead atoms. The molecule has 160 valence electrons. The SMILES string of the molecule is COc1cc(CNC(=O)C(NS(=O)(=O)c2cccs2)C(C)C)cc(OC)c1OC. The van der Waals surface area contributed by atoms with E-state index in [4.69, 9.17) is 14.2 Å². The molecule has 29 heavy (non-hydrogen) atoms. The topological polar surface area (TPSA) is 103 Å². The van der Waals surface area contributed by atoms with E-state index < -0.39 is 22.0 Å². The Hall–Kier alpha value is -2.30. The van der Waals surface area contributed by atoms with Crippen LogP contribution in [-0.4, -0.2) is 41.7 Å². The van der Waals surface area contributed by atoms with Gasteiger partial charge in [0.2, 0.25) is 11.7 Å². The van der Waals surface area contributed by atoms with Crippen molar-refractivity contribution in [3.63, 3.8) is 0 Å². The summed E-state index contributed by atoms with van der Waals surface area (Å²) in [6, 6.07) is 5.68. The highest BCUT2D eigenvalue weighted by atomic mass is 32.2. The molecule has 2 N–H and O–H groups in total. The number of methoxy groups -OCH3 is 3.